The first-order valence-electron chi connectivity index (χ1n) is 9.31. The summed E-state index contributed by atoms with van der Waals surface area (Å²) in [5.74, 6) is -1.37. The number of carboxylic acid groups (broad SMARTS) is 2. The quantitative estimate of drug-likeness (QED) is 0.413. The predicted octanol–water partition coefficient (Wildman–Crippen LogP) is 5.50. The molecule has 0 aromatic rings. The zero-order valence-corrected chi connectivity index (χ0v) is 15.5. The van der Waals surface area contributed by atoms with Gasteiger partial charge in [-0.2, -0.15) is 0 Å². The zero-order chi connectivity index (χ0) is 17.9. The van der Waals surface area contributed by atoms with Crippen LogP contribution in [0.4, 0.5) is 0 Å². The fourth-order valence-corrected chi connectivity index (χ4v) is 3.48. The Balaban J connectivity index is 4.45. The van der Waals surface area contributed by atoms with Crippen LogP contribution in [-0.2, 0) is 9.59 Å². The van der Waals surface area contributed by atoms with Crippen molar-refractivity contribution < 1.29 is 19.8 Å². The van der Waals surface area contributed by atoms with Crippen molar-refractivity contribution in [1.82, 2.24) is 0 Å². The van der Waals surface area contributed by atoms with Crippen molar-refractivity contribution in [1.29, 1.82) is 0 Å². The Kier molecular flexibility index (Phi) is 10.2. The van der Waals surface area contributed by atoms with E-state index in [1.165, 1.54) is 0 Å². The highest BCUT2D eigenvalue weighted by Gasteiger charge is 2.36. The zero-order valence-electron chi connectivity index (χ0n) is 15.5. The van der Waals surface area contributed by atoms with Crippen LogP contribution in [0.2, 0.25) is 0 Å². The Labute approximate surface area is 141 Å². The lowest BCUT2D eigenvalue weighted by atomic mass is 9.75. The lowest BCUT2D eigenvalue weighted by molar-refractivity contribution is -0.150. The molecule has 4 heteroatoms. The lowest BCUT2D eigenvalue weighted by Crippen LogP contribution is -2.31. The van der Waals surface area contributed by atoms with E-state index in [0.29, 0.717) is 32.1 Å². The van der Waals surface area contributed by atoms with Gasteiger partial charge in [0.25, 0.3) is 0 Å². The summed E-state index contributed by atoms with van der Waals surface area (Å²) in [6.07, 6.45) is 8.74. The second-order valence-electron chi connectivity index (χ2n) is 6.90. The molecule has 1 unspecified atom stereocenters. The van der Waals surface area contributed by atoms with Gasteiger partial charge in [-0.1, -0.05) is 59.8 Å². The van der Waals surface area contributed by atoms with Crippen LogP contribution in [0, 0.1) is 10.8 Å². The van der Waals surface area contributed by atoms with E-state index in [9.17, 15) is 19.8 Å². The van der Waals surface area contributed by atoms with Crippen LogP contribution >= 0.6 is 0 Å². The largest absolute Gasteiger partial charge is 0.481 e. The summed E-state index contributed by atoms with van der Waals surface area (Å²) in [4.78, 5) is 23.2. The second-order valence-corrected chi connectivity index (χ2v) is 6.90. The highest BCUT2D eigenvalue weighted by Crippen LogP contribution is 2.37. The smallest absolute Gasteiger partial charge is 0.309 e. The average Bonchev–Trinajstić information content (AvgIpc) is 2.53. The third-order valence-corrected chi connectivity index (χ3v) is 5.76. The molecule has 2 N–H and O–H groups in total. The van der Waals surface area contributed by atoms with Crippen molar-refractivity contribution >= 4 is 11.9 Å². The average molecular weight is 328 g/mol. The van der Waals surface area contributed by atoms with Gasteiger partial charge in [-0.3, -0.25) is 9.59 Å². The molecule has 0 aromatic heterocycles. The van der Waals surface area contributed by atoms with Gasteiger partial charge in [0.2, 0.25) is 0 Å². The van der Waals surface area contributed by atoms with Gasteiger partial charge >= 0.3 is 11.9 Å². The summed E-state index contributed by atoms with van der Waals surface area (Å²) in [7, 11) is 0. The van der Waals surface area contributed by atoms with Crippen molar-refractivity contribution in [2.45, 2.75) is 98.3 Å². The Morgan fingerprint density at radius 1 is 0.652 bits per heavy atom. The molecule has 0 saturated carbocycles. The first-order valence-corrected chi connectivity index (χ1v) is 9.31. The van der Waals surface area contributed by atoms with E-state index in [2.05, 4.69) is 6.92 Å². The lowest BCUT2D eigenvalue weighted by Gasteiger charge is -2.29. The van der Waals surface area contributed by atoms with Gasteiger partial charge in [-0.25, -0.2) is 0 Å². The molecule has 0 bridgehead atoms. The molecule has 1 atom stereocenters. The molecule has 0 rings (SSSR count). The molecule has 0 heterocycles. The van der Waals surface area contributed by atoms with Gasteiger partial charge in [0.1, 0.15) is 0 Å². The highest BCUT2D eigenvalue weighted by atomic mass is 16.4. The maximum atomic E-state index is 11.7. The van der Waals surface area contributed by atoms with Gasteiger partial charge < -0.3 is 10.2 Å². The maximum absolute atomic E-state index is 11.7. The van der Waals surface area contributed by atoms with Crippen LogP contribution in [0.1, 0.15) is 98.3 Å². The summed E-state index contributed by atoms with van der Waals surface area (Å²) in [5, 5.41) is 19.0. The number of unbranched alkanes of at least 4 members (excludes halogenated alkanes) is 3. The molecule has 0 aliphatic carbocycles. The molecule has 0 amide bonds. The summed E-state index contributed by atoms with van der Waals surface area (Å²) < 4.78 is 0. The molecule has 136 valence electrons. The number of rotatable bonds is 14. The van der Waals surface area contributed by atoms with E-state index >= 15 is 0 Å². The normalized spacial score (nSPS) is 14.4. The molecule has 4 nitrogen and oxygen atoms in total. The molecule has 0 spiro atoms. The first kappa shape index (κ1) is 21.9. The van der Waals surface area contributed by atoms with E-state index < -0.39 is 22.8 Å². The first-order chi connectivity index (χ1) is 10.8. The monoisotopic (exact) mass is 328 g/mol. The van der Waals surface area contributed by atoms with Gasteiger partial charge in [0, 0.05) is 0 Å². The Morgan fingerprint density at radius 2 is 1.04 bits per heavy atom. The van der Waals surface area contributed by atoms with Crippen LogP contribution in [0.5, 0.6) is 0 Å². The van der Waals surface area contributed by atoms with E-state index in [0.717, 1.165) is 38.5 Å². The minimum Gasteiger partial charge on any atom is -0.481 e. The van der Waals surface area contributed by atoms with Crippen LogP contribution in [0.25, 0.3) is 0 Å². The topological polar surface area (TPSA) is 74.6 Å². The molecule has 0 fully saturated rings. The highest BCUT2D eigenvalue weighted by molar-refractivity contribution is 5.74. The number of carbonyl (C=O) groups is 2. The van der Waals surface area contributed by atoms with Gasteiger partial charge in [0.15, 0.2) is 0 Å². The number of aliphatic carboxylic acids is 2. The fourth-order valence-electron chi connectivity index (χ4n) is 3.48. The molecule has 0 aliphatic rings. The number of carboxylic acids is 2. The van der Waals surface area contributed by atoms with Gasteiger partial charge in [-0.05, 0) is 38.5 Å². The summed E-state index contributed by atoms with van der Waals surface area (Å²) in [6.45, 7) is 7.93. The van der Waals surface area contributed by atoms with E-state index in [-0.39, 0.29) is 0 Å². The second kappa shape index (κ2) is 10.7. The van der Waals surface area contributed by atoms with Crippen molar-refractivity contribution in [3.63, 3.8) is 0 Å². The molecule has 0 aromatic carbocycles. The Bertz CT molecular complexity index is 360. The maximum Gasteiger partial charge on any atom is 0.309 e. The summed E-state index contributed by atoms with van der Waals surface area (Å²) in [5.41, 5.74) is -1.19. The van der Waals surface area contributed by atoms with E-state index in [1.807, 2.05) is 20.8 Å². The molecule has 0 aliphatic heterocycles. The van der Waals surface area contributed by atoms with Gasteiger partial charge in [-0.15, -0.1) is 0 Å². The van der Waals surface area contributed by atoms with Gasteiger partial charge in [0.05, 0.1) is 10.8 Å². The minimum absolute atomic E-state index is 0.588. The van der Waals surface area contributed by atoms with Crippen LogP contribution in [0.15, 0.2) is 0 Å². The molecular weight excluding hydrogens is 292 g/mol. The predicted molar refractivity (Wildman–Crippen MR) is 93.6 cm³/mol. The third kappa shape index (κ3) is 6.15. The third-order valence-electron chi connectivity index (χ3n) is 5.76. The number of hydrogen-bond acceptors (Lipinski definition) is 2. The standard InChI is InChI=1S/C19H36O4/c1-5-9-13-19(8-4,17(22)23)15-12-10-11-14-18(6-2,7-3)16(20)21/h5-15H2,1-4H3,(H,20,21)(H,22,23). The summed E-state index contributed by atoms with van der Waals surface area (Å²) >= 11 is 0. The number of hydrogen-bond donors (Lipinski definition) is 2. The van der Waals surface area contributed by atoms with Crippen molar-refractivity contribution in [3.8, 4) is 0 Å². The SMILES string of the molecule is CCCCC(CC)(CCCCCC(CC)(CC)C(=O)O)C(=O)O. The fraction of sp³-hybridized carbons (Fsp3) is 0.895. The van der Waals surface area contributed by atoms with Crippen molar-refractivity contribution in [2.75, 3.05) is 0 Å². The minimum atomic E-state index is -0.695. The summed E-state index contributed by atoms with van der Waals surface area (Å²) in [6, 6.07) is 0. The molecule has 0 radical (unpaired) electrons. The Morgan fingerprint density at radius 3 is 1.39 bits per heavy atom. The molecular formula is C19H36O4. The molecule has 0 saturated heterocycles. The van der Waals surface area contributed by atoms with E-state index in [1.54, 1.807) is 0 Å². The van der Waals surface area contributed by atoms with Crippen molar-refractivity contribution in [2.24, 2.45) is 10.8 Å². The van der Waals surface area contributed by atoms with Crippen molar-refractivity contribution in [3.05, 3.63) is 0 Å². The van der Waals surface area contributed by atoms with Crippen LogP contribution in [-0.4, -0.2) is 22.2 Å². The molecule has 23 heavy (non-hydrogen) atoms. The van der Waals surface area contributed by atoms with Crippen LogP contribution in [0.3, 0.4) is 0 Å². The van der Waals surface area contributed by atoms with Crippen LogP contribution < -0.4 is 0 Å². The van der Waals surface area contributed by atoms with E-state index in [4.69, 9.17) is 0 Å². The Hall–Kier alpha value is -1.06.